The second kappa shape index (κ2) is 7.36. The molecule has 0 saturated heterocycles. The van der Waals surface area contributed by atoms with Crippen LogP contribution in [0, 0.1) is 0 Å². The number of aliphatic carboxylic acids is 1. The van der Waals surface area contributed by atoms with Gasteiger partial charge in [0.15, 0.2) is 5.78 Å². The number of ketones is 1. The van der Waals surface area contributed by atoms with Crippen molar-refractivity contribution in [3.8, 4) is 0 Å². The normalized spacial score (nSPS) is 13.3. The van der Waals surface area contributed by atoms with Gasteiger partial charge in [0, 0.05) is 12.8 Å². The van der Waals surface area contributed by atoms with Crippen LogP contribution in [-0.2, 0) is 20.7 Å². The van der Waals surface area contributed by atoms with Crippen molar-refractivity contribution in [1.29, 1.82) is 0 Å². The number of carbonyl (C=O) groups excluding carboxylic acids is 3. The molecule has 124 valence electrons. The lowest BCUT2D eigenvalue weighted by Crippen LogP contribution is -2.17. The largest absolute Gasteiger partial charge is 0.481 e. The van der Waals surface area contributed by atoms with E-state index >= 15 is 0 Å². The van der Waals surface area contributed by atoms with Crippen LogP contribution in [0.5, 0.6) is 0 Å². The van der Waals surface area contributed by atoms with Crippen LogP contribution >= 0.6 is 11.3 Å². The summed E-state index contributed by atoms with van der Waals surface area (Å²) in [5.74, 6) is -2.22. The van der Waals surface area contributed by atoms with Crippen molar-refractivity contribution >= 4 is 40.7 Å². The first-order valence-corrected chi connectivity index (χ1v) is 8.13. The van der Waals surface area contributed by atoms with Crippen molar-refractivity contribution in [1.82, 2.24) is 0 Å². The number of carboxylic acids is 1. The number of carboxylic acid groups (broad SMARTS) is 1. The fourth-order valence-corrected chi connectivity index (χ4v) is 3.53. The number of anilines is 1. The van der Waals surface area contributed by atoms with Crippen molar-refractivity contribution in [3.63, 3.8) is 0 Å². The van der Waals surface area contributed by atoms with Gasteiger partial charge in [0.2, 0.25) is 5.91 Å². The van der Waals surface area contributed by atoms with Gasteiger partial charge in [0.25, 0.3) is 0 Å². The molecule has 1 aliphatic rings. The molecular weight excluding hydrogens is 322 g/mol. The van der Waals surface area contributed by atoms with Gasteiger partial charge in [-0.05, 0) is 25.3 Å². The number of esters is 1. The van der Waals surface area contributed by atoms with Crippen molar-refractivity contribution in [2.45, 2.75) is 39.0 Å². The minimum atomic E-state index is -1.08. The summed E-state index contributed by atoms with van der Waals surface area (Å²) in [7, 11) is 0. The molecule has 0 aliphatic heterocycles. The summed E-state index contributed by atoms with van der Waals surface area (Å²) >= 11 is 1.03. The summed E-state index contributed by atoms with van der Waals surface area (Å²) in [6.45, 7) is 1.85. The first-order chi connectivity index (χ1) is 10.9. The molecule has 1 aliphatic carbocycles. The predicted octanol–water partition coefficient (Wildman–Crippen LogP) is 2.25. The van der Waals surface area contributed by atoms with E-state index in [4.69, 9.17) is 9.84 Å². The van der Waals surface area contributed by atoms with E-state index in [0.29, 0.717) is 35.4 Å². The molecular formula is C15H17NO6S. The lowest BCUT2D eigenvalue weighted by atomic mass is 9.96. The van der Waals surface area contributed by atoms with Crippen LogP contribution in [-0.4, -0.2) is 35.3 Å². The predicted molar refractivity (Wildman–Crippen MR) is 83.0 cm³/mol. The third-order valence-electron chi connectivity index (χ3n) is 3.38. The quantitative estimate of drug-likeness (QED) is 0.769. The Morgan fingerprint density at radius 3 is 2.65 bits per heavy atom. The van der Waals surface area contributed by atoms with E-state index in [-0.39, 0.29) is 30.1 Å². The summed E-state index contributed by atoms with van der Waals surface area (Å²) < 4.78 is 4.98. The standard InChI is InChI=1S/C15H17NO6S/c1-2-22-15(21)14-12(16-10(18)6-7-11(19)20)8-4-3-5-9(17)13(8)23-14/h2-7H2,1H3,(H,16,18)(H,19,20). The first-order valence-electron chi connectivity index (χ1n) is 7.31. The van der Waals surface area contributed by atoms with Gasteiger partial charge in [-0.2, -0.15) is 0 Å². The second-order valence-corrected chi connectivity index (χ2v) is 6.07. The Morgan fingerprint density at radius 1 is 1.26 bits per heavy atom. The Labute approximate surface area is 136 Å². The number of Topliss-reactive ketones (excluding diaryl/α,β-unsaturated/α-hetero) is 1. The van der Waals surface area contributed by atoms with E-state index in [1.54, 1.807) is 6.92 Å². The van der Waals surface area contributed by atoms with Gasteiger partial charge in [0.1, 0.15) is 4.88 Å². The van der Waals surface area contributed by atoms with Crippen LogP contribution in [0.3, 0.4) is 0 Å². The number of rotatable bonds is 6. The summed E-state index contributed by atoms with van der Waals surface area (Å²) in [5.41, 5.74) is 0.949. The van der Waals surface area contributed by atoms with Gasteiger partial charge >= 0.3 is 11.9 Å². The maximum Gasteiger partial charge on any atom is 0.350 e. The fourth-order valence-electron chi connectivity index (χ4n) is 2.36. The fraction of sp³-hybridized carbons (Fsp3) is 0.467. The molecule has 7 nitrogen and oxygen atoms in total. The highest BCUT2D eigenvalue weighted by Gasteiger charge is 2.30. The molecule has 1 amide bonds. The van der Waals surface area contributed by atoms with Gasteiger partial charge in [0.05, 0.1) is 23.6 Å². The van der Waals surface area contributed by atoms with Crippen LogP contribution in [0.4, 0.5) is 5.69 Å². The maximum atomic E-state index is 12.1. The molecule has 0 radical (unpaired) electrons. The zero-order valence-electron chi connectivity index (χ0n) is 12.6. The zero-order valence-corrected chi connectivity index (χ0v) is 13.5. The van der Waals surface area contributed by atoms with Crippen molar-refractivity contribution < 1.29 is 29.0 Å². The highest BCUT2D eigenvalue weighted by atomic mass is 32.1. The summed E-state index contributed by atoms with van der Waals surface area (Å²) in [5, 5.41) is 11.2. The van der Waals surface area contributed by atoms with Crippen LogP contribution in [0.25, 0.3) is 0 Å². The van der Waals surface area contributed by atoms with E-state index in [0.717, 1.165) is 11.3 Å². The Balaban J connectivity index is 2.31. The molecule has 1 aromatic heterocycles. The molecule has 0 unspecified atom stereocenters. The molecule has 8 heteroatoms. The van der Waals surface area contributed by atoms with Crippen molar-refractivity contribution in [3.05, 3.63) is 15.3 Å². The number of fused-ring (bicyclic) bond motifs is 1. The lowest BCUT2D eigenvalue weighted by Gasteiger charge is -2.13. The minimum Gasteiger partial charge on any atom is -0.481 e. The molecule has 0 fully saturated rings. The van der Waals surface area contributed by atoms with E-state index in [2.05, 4.69) is 5.32 Å². The van der Waals surface area contributed by atoms with Gasteiger partial charge < -0.3 is 15.2 Å². The number of ether oxygens (including phenoxy) is 1. The molecule has 23 heavy (non-hydrogen) atoms. The number of carbonyl (C=O) groups is 4. The number of hydrogen-bond acceptors (Lipinski definition) is 6. The average molecular weight is 339 g/mol. The zero-order chi connectivity index (χ0) is 17.0. The Morgan fingerprint density at radius 2 is 2.00 bits per heavy atom. The monoisotopic (exact) mass is 339 g/mol. The lowest BCUT2D eigenvalue weighted by molar-refractivity contribution is -0.138. The Bertz CT molecular complexity index is 663. The third kappa shape index (κ3) is 3.95. The molecule has 0 saturated carbocycles. The van der Waals surface area contributed by atoms with E-state index < -0.39 is 17.8 Å². The second-order valence-electron chi connectivity index (χ2n) is 5.05. The molecule has 1 heterocycles. The smallest absolute Gasteiger partial charge is 0.350 e. The Kier molecular flexibility index (Phi) is 5.49. The third-order valence-corrected chi connectivity index (χ3v) is 4.64. The topological polar surface area (TPSA) is 110 Å². The first kappa shape index (κ1) is 17.1. The van der Waals surface area contributed by atoms with Gasteiger partial charge in [-0.15, -0.1) is 11.3 Å². The molecule has 0 atom stereocenters. The van der Waals surface area contributed by atoms with Gasteiger partial charge in [-0.3, -0.25) is 14.4 Å². The minimum absolute atomic E-state index is 0.0483. The van der Waals surface area contributed by atoms with Crippen LogP contribution in [0.15, 0.2) is 0 Å². The number of thiophene rings is 1. The summed E-state index contributed by atoms with van der Waals surface area (Å²) in [4.78, 5) is 47.2. The van der Waals surface area contributed by atoms with Gasteiger partial charge in [-0.25, -0.2) is 4.79 Å². The van der Waals surface area contributed by atoms with Crippen LogP contribution < -0.4 is 5.32 Å². The van der Waals surface area contributed by atoms with E-state index in [1.807, 2.05) is 0 Å². The van der Waals surface area contributed by atoms with Crippen LogP contribution in [0.1, 0.15) is 57.5 Å². The van der Waals surface area contributed by atoms with E-state index in [1.165, 1.54) is 0 Å². The van der Waals surface area contributed by atoms with Crippen LogP contribution in [0.2, 0.25) is 0 Å². The highest BCUT2D eigenvalue weighted by Crippen LogP contribution is 2.38. The molecule has 2 rings (SSSR count). The highest BCUT2D eigenvalue weighted by molar-refractivity contribution is 7.16. The SMILES string of the molecule is CCOC(=O)c1sc2c(c1NC(=O)CCC(=O)O)CCCC2=O. The summed E-state index contributed by atoms with van der Waals surface area (Å²) in [6, 6.07) is 0. The molecule has 1 aromatic rings. The van der Waals surface area contributed by atoms with Gasteiger partial charge in [-0.1, -0.05) is 0 Å². The summed E-state index contributed by atoms with van der Waals surface area (Å²) in [6.07, 6.45) is 1.17. The maximum absolute atomic E-state index is 12.1. The number of amides is 1. The number of hydrogen-bond donors (Lipinski definition) is 2. The van der Waals surface area contributed by atoms with Crippen molar-refractivity contribution in [2.75, 3.05) is 11.9 Å². The van der Waals surface area contributed by atoms with E-state index in [9.17, 15) is 19.2 Å². The number of nitrogens with one attached hydrogen (secondary N) is 1. The molecule has 0 spiro atoms. The molecule has 0 aromatic carbocycles. The molecule has 0 bridgehead atoms. The Hall–Kier alpha value is -2.22. The van der Waals surface area contributed by atoms with Crippen molar-refractivity contribution in [2.24, 2.45) is 0 Å². The molecule has 2 N–H and O–H groups in total. The average Bonchev–Trinajstić information content (AvgIpc) is 2.86.